The Bertz CT molecular complexity index is 1410. The third-order valence-corrected chi connectivity index (χ3v) is 9.02. The molecule has 2 bridgehead atoms. The van der Waals surface area contributed by atoms with Crippen molar-refractivity contribution in [1.82, 2.24) is 24.1 Å². The van der Waals surface area contributed by atoms with E-state index in [9.17, 15) is 13.6 Å². The summed E-state index contributed by atoms with van der Waals surface area (Å²) in [6.07, 6.45) is 5.99. The van der Waals surface area contributed by atoms with Gasteiger partial charge in [0.05, 0.1) is 42.9 Å². The average molecular weight is 498 g/mol. The van der Waals surface area contributed by atoms with Crippen LogP contribution >= 0.6 is 0 Å². The molecule has 2 saturated heterocycles. The number of halogens is 2. The van der Waals surface area contributed by atoms with Crippen molar-refractivity contribution in [2.24, 2.45) is 5.41 Å². The summed E-state index contributed by atoms with van der Waals surface area (Å²) >= 11 is 0. The van der Waals surface area contributed by atoms with Gasteiger partial charge in [0, 0.05) is 52.6 Å². The second-order valence-corrected chi connectivity index (χ2v) is 11.3. The number of hydrogen-bond donors (Lipinski definition) is 0. The molecule has 8 rings (SSSR count). The van der Waals surface area contributed by atoms with Gasteiger partial charge in [-0.1, -0.05) is 0 Å². The van der Waals surface area contributed by atoms with Crippen LogP contribution in [0, 0.1) is 19.3 Å². The van der Waals surface area contributed by atoms with E-state index in [1.807, 2.05) is 30.2 Å². The van der Waals surface area contributed by atoms with E-state index in [0.29, 0.717) is 68.1 Å². The standard InChI is InChI=1S/C26H29F2N5O3/c1-14-15(2)30-22-21(25-11-26(12-25,13-25)24(27)28)31-19(8-32(22)23(14)34)16-3-4-36-20(5-16)17-6-29-33(7-17)18-9-35-10-18/h6-8,16,18,20,24H,3-5,9-13H2,1-2H3/t16-,20+,25?,26?/m0/s1. The Morgan fingerprint density at radius 1 is 1.14 bits per heavy atom. The Kier molecular flexibility index (Phi) is 4.77. The molecule has 3 aromatic rings. The van der Waals surface area contributed by atoms with Gasteiger partial charge in [-0.25, -0.2) is 13.8 Å². The molecule has 0 spiro atoms. The van der Waals surface area contributed by atoms with Crippen LogP contribution in [0.4, 0.5) is 8.78 Å². The smallest absolute Gasteiger partial charge is 0.261 e. The lowest BCUT2D eigenvalue weighted by Gasteiger charge is -2.69. The Labute approximate surface area is 206 Å². The molecule has 36 heavy (non-hydrogen) atoms. The van der Waals surface area contributed by atoms with Crippen LogP contribution in [0.1, 0.15) is 78.4 Å². The molecule has 0 aromatic carbocycles. The zero-order valence-electron chi connectivity index (χ0n) is 20.4. The van der Waals surface area contributed by atoms with Crippen LogP contribution in [0.25, 0.3) is 5.65 Å². The molecule has 3 aliphatic carbocycles. The summed E-state index contributed by atoms with van der Waals surface area (Å²) in [6.45, 7) is 5.52. The van der Waals surface area contributed by atoms with Crippen molar-refractivity contribution in [3.63, 3.8) is 0 Å². The zero-order chi connectivity index (χ0) is 24.8. The van der Waals surface area contributed by atoms with E-state index in [4.69, 9.17) is 19.4 Å². The highest BCUT2D eigenvalue weighted by Gasteiger charge is 2.73. The fourth-order valence-electron chi connectivity index (χ4n) is 6.65. The molecule has 5 aliphatic rings. The predicted molar refractivity (Wildman–Crippen MR) is 125 cm³/mol. The Balaban J connectivity index is 1.25. The molecule has 190 valence electrons. The summed E-state index contributed by atoms with van der Waals surface area (Å²) in [6, 6.07) is 0.276. The number of rotatable bonds is 5. The number of nitrogens with zero attached hydrogens (tertiary/aromatic N) is 5. The van der Waals surface area contributed by atoms with Gasteiger partial charge in [-0.15, -0.1) is 0 Å². The topological polar surface area (TPSA) is 83.5 Å². The van der Waals surface area contributed by atoms with Gasteiger partial charge in [0.2, 0.25) is 6.43 Å². The molecule has 3 aromatic heterocycles. The van der Waals surface area contributed by atoms with E-state index < -0.39 is 17.3 Å². The highest BCUT2D eigenvalue weighted by atomic mass is 19.3. The first-order chi connectivity index (χ1) is 17.3. The van der Waals surface area contributed by atoms with Gasteiger partial charge < -0.3 is 9.47 Å². The van der Waals surface area contributed by atoms with E-state index in [0.717, 1.165) is 17.7 Å². The molecule has 0 radical (unpaired) electrons. The highest BCUT2D eigenvalue weighted by Crippen LogP contribution is 2.75. The maximum atomic E-state index is 13.6. The fourth-order valence-corrected chi connectivity index (χ4v) is 6.65. The second-order valence-electron chi connectivity index (χ2n) is 11.3. The third-order valence-electron chi connectivity index (χ3n) is 9.02. The zero-order valence-corrected chi connectivity index (χ0v) is 20.4. The quantitative estimate of drug-likeness (QED) is 0.533. The molecule has 0 unspecified atom stereocenters. The van der Waals surface area contributed by atoms with Crippen molar-refractivity contribution in [2.45, 2.75) is 75.9 Å². The summed E-state index contributed by atoms with van der Waals surface area (Å²) in [4.78, 5) is 23.1. The van der Waals surface area contributed by atoms with Crippen molar-refractivity contribution in [3.05, 3.63) is 57.2 Å². The first kappa shape index (κ1) is 22.5. The number of fused-ring (bicyclic) bond motifs is 1. The number of hydrogen-bond acceptors (Lipinski definition) is 6. The molecule has 0 amide bonds. The number of aryl methyl sites for hydroxylation is 1. The molecule has 2 atom stereocenters. The first-order valence-electron chi connectivity index (χ1n) is 12.7. The highest BCUT2D eigenvalue weighted by molar-refractivity contribution is 5.54. The monoisotopic (exact) mass is 497 g/mol. The lowest BCUT2D eigenvalue weighted by atomic mass is 9.34. The molecule has 3 saturated carbocycles. The van der Waals surface area contributed by atoms with Gasteiger partial charge in [-0.05, 0) is 46.0 Å². The van der Waals surface area contributed by atoms with Crippen molar-refractivity contribution in [2.75, 3.05) is 19.8 Å². The molecule has 2 aliphatic heterocycles. The molecule has 8 nitrogen and oxygen atoms in total. The number of ether oxygens (including phenoxy) is 2. The third kappa shape index (κ3) is 3.09. The minimum atomic E-state index is -2.32. The van der Waals surface area contributed by atoms with Crippen LogP contribution in [0.3, 0.4) is 0 Å². The van der Waals surface area contributed by atoms with Crippen molar-refractivity contribution < 1.29 is 18.3 Å². The summed E-state index contributed by atoms with van der Waals surface area (Å²) in [5, 5.41) is 4.50. The summed E-state index contributed by atoms with van der Waals surface area (Å²) in [5.74, 6) is 0.0761. The molecule has 10 heteroatoms. The maximum Gasteiger partial charge on any atom is 0.261 e. The van der Waals surface area contributed by atoms with Gasteiger partial charge in [0.25, 0.3) is 5.56 Å². The van der Waals surface area contributed by atoms with Crippen LogP contribution in [-0.4, -0.2) is 50.4 Å². The van der Waals surface area contributed by atoms with Crippen LogP contribution in [0.5, 0.6) is 0 Å². The Morgan fingerprint density at radius 3 is 2.61 bits per heavy atom. The van der Waals surface area contributed by atoms with Gasteiger partial charge in [-0.2, -0.15) is 5.10 Å². The predicted octanol–water partition coefficient (Wildman–Crippen LogP) is 3.80. The van der Waals surface area contributed by atoms with Crippen LogP contribution < -0.4 is 5.56 Å². The summed E-state index contributed by atoms with van der Waals surface area (Å²) < 4.78 is 42.2. The average Bonchev–Trinajstić information content (AvgIpc) is 3.24. The lowest BCUT2D eigenvalue weighted by molar-refractivity contribution is -0.222. The van der Waals surface area contributed by atoms with E-state index in [1.165, 1.54) is 0 Å². The van der Waals surface area contributed by atoms with Crippen molar-refractivity contribution >= 4 is 5.65 Å². The molecular weight excluding hydrogens is 468 g/mol. The summed E-state index contributed by atoms with van der Waals surface area (Å²) in [7, 11) is 0. The number of aromatic nitrogens is 5. The lowest BCUT2D eigenvalue weighted by Crippen LogP contribution is -2.68. The molecule has 5 heterocycles. The van der Waals surface area contributed by atoms with Crippen LogP contribution in [0.15, 0.2) is 23.4 Å². The second kappa shape index (κ2) is 7.64. The minimum absolute atomic E-state index is 0.0761. The fraction of sp³-hybridized carbons (Fsp3) is 0.615. The SMILES string of the molecule is Cc1nc2c(C34CC(C(F)F)(C3)C4)nc([C@H]3CCO[C@@H](c4cnn(C5COC5)c4)C3)cn2c(=O)c1C. The van der Waals surface area contributed by atoms with E-state index in [-0.39, 0.29) is 23.6 Å². The van der Waals surface area contributed by atoms with Gasteiger partial charge in [0.15, 0.2) is 5.65 Å². The van der Waals surface area contributed by atoms with E-state index in [1.54, 1.807) is 11.3 Å². The van der Waals surface area contributed by atoms with Crippen LogP contribution in [0.2, 0.25) is 0 Å². The van der Waals surface area contributed by atoms with Crippen molar-refractivity contribution in [3.8, 4) is 0 Å². The molecule has 0 N–H and O–H groups in total. The van der Waals surface area contributed by atoms with Crippen molar-refractivity contribution in [1.29, 1.82) is 0 Å². The van der Waals surface area contributed by atoms with Gasteiger partial charge in [-0.3, -0.25) is 18.9 Å². The maximum absolute atomic E-state index is 13.6. The van der Waals surface area contributed by atoms with Gasteiger partial charge in [0.1, 0.15) is 0 Å². The van der Waals surface area contributed by atoms with Crippen LogP contribution in [-0.2, 0) is 14.9 Å². The summed E-state index contributed by atoms with van der Waals surface area (Å²) in [5.41, 5.74) is 2.90. The minimum Gasteiger partial charge on any atom is -0.377 e. The molecule has 5 fully saturated rings. The molecular formula is C26H29F2N5O3. The normalized spacial score (nSPS) is 31.8. The van der Waals surface area contributed by atoms with E-state index >= 15 is 0 Å². The number of alkyl halides is 2. The Hall–Kier alpha value is -2.72. The first-order valence-corrected chi connectivity index (χ1v) is 12.7. The largest absolute Gasteiger partial charge is 0.377 e. The van der Waals surface area contributed by atoms with Gasteiger partial charge >= 0.3 is 0 Å². The Morgan fingerprint density at radius 2 is 1.92 bits per heavy atom. The van der Waals surface area contributed by atoms with E-state index in [2.05, 4.69) is 5.10 Å².